The molecule has 0 spiro atoms. The number of amides is 2. The van der Waals surface area contributed by atoms with Crippen molar-refractivity contribution >= 4 is 6.03 Å². The molecule has 2 amide bonds. The highest BCUT2D eigenvalue weighted by Gasteiger charge is 2.36. The average Bonchev–Trinajstić information content (AvgIpc) is 3.44. The van der Waals surface area contributed by atoms with Gasteiger partial charge in [-0.3, -0.25) is 0 Å². The molecule has 4 heterocycles. The lowest BCUT2D eigenvalue weighted by molar-refractivity contribution is 0.142. The fourth-order valence-electron chi connectivity index (χ4n) is 3.52. The highest BCUT2D eigenvalue weighted by atomic mass is 16.7. The number of nitrogens with zero attached hydrogens (tertiary/aromatic N) is 4. The number of hydrogen-bond donors (Lipinski definition) is 2. The Bertz CT molecular complexity index is 1060. The van der Waals surface area contributed by atoms with Crippen LogP contribution in [0.3, 0.4) is 0 Å². The van der Waals surface area contributed by atoms with Gasteiger partial charge in [0.2, 0.25) is 18.5 Å². The molecule has 0 aliphatic carbocycles. The van der Waals surface area contributed by atoms with Crippen molar-refractivity contribution in [1.82, 2.24) is 30.3 Å². The van der Waals surface area contributed by atoms with Crippen LogP contribution in [0.1, 0.15) is 37.2 Å². The number of H-pyrrole nitrogens is 1. The number of benzene rings is 1. The summed E-state index contributed by atoms with van der Waals surface area (Å²) in [5, 5.41) is 7.05. The van der Waals surface area contributed by atoms with Crippen molar-refractivity contribution in [2.75, 3.05) is 6.79 Å². The average molecular weight is 396 g/mol. The van der Waals surface area contributed by atoms with Crippen LogP contribution in [0, 0.1) is 0 Å². The second kappa shape index (κ2) is 6.80. The molecule has 10 heteroatoms. The molecule has 2 N–H and O–H groups in total. The van der Waals surface area contributed by atoms with Gasteiger partial charge >= 0.3 is 6.03 Å². The van der Waals surface area contributed by atoms with Crippen LogP contribution < -0.4 is 14.8 Å². The van der Waals surface area contributed by atoms with Crippen LogP contribution in [-0.4, -0.2) is 43.9 Å². The van der Waals surface area contributed by atoms with Gasteiger partial charge in [0, 0.05) is 18.0 Å². The van der Waals surface area contributed by atoms with Crippen molar-refractivity contribution in [3.8, 4) is 22.9 Å². The van der Waals surface area contributed by atoms with E-state index in [1.165, 1.54) is 0 Å². The molecule has 0 radical (unpaired) electrons. The summed E-state index contributed by atoms with van der Waals surface area (Å²) < 4.78 is 16.3. The minimum atomic E-state index is -0.403. The maximum absolute atomic E-state index is 12.8. The van der Waals surface area contributed by atoms with Crippen LogP contribution in [0.25, 0.3) is 11.4 Å². The molecule has 0 bridgehead atoms. The van der Waals surface area contributed by atoms with Crippen LogP contribution in [0.2, 0.25) is 0 Å². The minimum Gasteiger partial charge on any atom is -0.454 e. The normalized spacial score (nSPS) is 17.5. The van der Waals surface area contributed by atoms with Gasteiger partial charge in [-0.25, -0.2) is 9.78 Å². The largest absolute Gasteiger partial charge is 0.454 e. The fraction of sp³-hybridized carbons (Fsp3) is 0.368. The molecule has 2 aliphatic rings. The number of carbonyl (C=O) groups is 1. The van der Waals surface area contributed by atoms with Gasteiger partial charge in [0.25, 0.3) is 0 Å². The van der Waals surface area contributed by atoms with E-state index < -0.39 is 6.04 Å². The fourth-order valence-corrected chi connectivity index (χ4v) is 3.52. The van der Waals surface area contributed by atoms with E-state index >= 15 is 0 Å². The van der Waals surface area contributed by atoms with Gasteiger partial charge in [-0.1, -0.05) is 5.16 Å². The molecule has 0 fully saturated rings. The van der Waals surface area contributed by atoms with E-state index in [-0.39, 0.29) is 18.9 Å². The summed E-state index contributed by atoms with van der Waals surface area (Å²) in [5.41, 5.74) is 2.56. The number of urea groups is 1. The Labute approximate surface area is 166 Å². The molecule has 1 aromatic carbocycles. The minimum absolute atomic E-state index is 0.0122. The molecule has 2 aliphatic heterocycles. The third kappa shape index (κ3) is 3.16. The van der Waals surface area contributed by atoms with Gasteiger partial charge < -0.3 is 29.2 Å². The standard InChI is InChI=1S/C19H20N6O4/c1-10(2)22-19(26)25-7-13-12(20-8-21-13)6-14(25)18-23-17(24-29-18)11-3-4-15-16(5-11)28-9-27-15/h3-5,8,10,14H,6-7,9H2,1-2H3,(H,20,21)(H,22,26)/t14-/m1/s1. The van der Waals surface area contributed by atoms with E-state index in [1.54, 1.807) is 11.2 Å². The summed E-state index contributed by atoms with van der Waals surface area (Å²) in [6.07, 6.45) is 2.13. The van der Waals surface area contributed by atoms with Crippen LogP contribution in [0.15, 0.2) is 29.0 Å². The summed E-state index contributed by atoms with van der Waals surface area (Å²) in [6.45, 7) is 4.43. The van der Waals surface area contributed by atoms with Crippen LogP contribution in [0.5, 0.6) is 11.5 Å². The van der Waals surface area contributed by atoms with Gasteiger partial charge in [-0.2, -0.15) is 4.98 Å². The summed E-state index contributed by atoms with van der Waals surface area (Å²) in [6, 6.07) is 4.89. The number of aromatic nitrogens is 4. The SMILES string of the molecule is CC(C)NC(=O)N1Cc2[nH]cnc2C[C@@H]1c1nc(-c2ccc3c(c2)OCO3)no1. The zero-order chi connectivity index (χ0) is 20.0. The van der Waals surface area contributed by atoms with E-state index in [0.717, 1.165) is 17.0 Å². The summed E-state index contributed by atoms with van der Waals surface area (Å²) in [7, 11) is 0. The molecule has 1 atom stereocenters. The van der Waals surface area contributed by atoms with E-state index in [2.05, 4.69) is 25.4 Å². The number of ether oxygens (including phenoxy) is 2. The van der Waals surface area contributed by atoms with Crippen LogP contribution in [0.4, 0.5) is 4.79 Å². The number of hydrogen-bond acceptors (Lipinski definition) is 7. The number of imidazole rings is 1. The van der Waals surface area contributed by atoms with Crippen molar-refractivity contribution in [2.45, 2.75) is 38.9 Å². The van der Waals surface area contributed by atoms with Crippen molar-refractivity contribution in [1.29, 1.82) is 0 Å². The highest BCUT2D eigenvalue weighted by Crippen LogP contribution is 2.36. The molecule has 150 valence electrons. The topological polar surface area (TPSA) is 118 Å². The lowest BCUT2D eigenvalue weighted by atomic mass is 10.0. The van der Waals surface area contributed by atoms with Gasteiger partial charge in [-0.15, -0.1) is 0 Å². The molecule has 3 aromatic rings. The molecular formula is C19H20N6O4. The second-order valence-corrected chi connectivity index (χ2v) is 7.30. The smallest absolute Gasteiger partial charge is 0.318 e. The summed E-state index contributed by atoms with van der Waals surface area (Å²) in [4.78, 5) is 26.5. The Morgan fingerprint density at radius 1 is 1.31 bits per heavy atom. The first kappa shape index (κ1) is 17.5. The number of fused-ring (bicyclic) bond motifs is 2. The quantitative estimate of drug-likeness (QED) is 0.698. The molecule has 0 saturated carbocycles. The number of carbonyl (C=O) groups excluding carboxylic acids is 1. The third-order valence-electron chi connectivity index (χ3n) is 4.93. The van der Waals surface area contributed by atoms with Crippen LogP contribution >= 0.6 is 0 Å². The highest BCUT2D eigenvalue weighted by molar-refractivity contribution is 5.75. The first-order valence-electron chi connectivity index (χ1n) is 9.40. The van der Waals surface area contributed by atoms with Gasteiger partial charge in [0.05, 0.1) is 24.3 Å². The monoisotopic (exact) mass is 396 g/mol. The maximum atomic E-state index is 12.8. The van der Waals surface area contributed by atoms with Crippen molar-refractivity contribution < 1.29 is 18.8 Å². The summed E-state index contributed by atoms with van der Waals surface area (Å²) >= 11 is 0. The third-order valence-corrected chi connectivity index (χ3v) is 4.93. The number of aromatic amines is 1. The lowest BCUT2D eigenvalue weighted by Crippen LogP contribution is -2.46. The number of nitrogens with one attached hydrogen (secondary N) is 2. The number of rotatable bonds is 3. The molecule has 0 saturated heterocycles. The summed E-state index contributed by atoms with van der Waals surface area (Å²) in [5.74, 6) is 2.12. The van der Waals surface area contributed by atoms with E-state index in [9.17, 15) is 4.79 Å². The Morgan fingerprint density at radius 3 is 3.03 bits per heavy atom. The lowest BCUT2D eigenvalue weighted by Gasteiger charge is -2.33. The Hall–Kier alpha value is -3.56. The van der Waals surface area contributed by atoms with E-state index in [4.69, 9.17) is 14.0 Å². The first-order valence-corrected chi connectivity index (χ1v) is 9.40. The molecule has 2 aromatic heterocycles. The molecule has 10 nitrogen and oxygen atoms in total. The zero-order valence-electron chi connectivity index (χ0n) is 16.0. The second-order valence-electron chi connectivity index (χ2n) is 7.30. The molecular weight excluding hydrogens is 376 g/mol. The van der Waals surface area contributed by atoms with Gasteiger partial charge in [0.15, 0.2) is 11.5 Å². The zero-order valence-corrected chi connectivity index (χ0v) is 16.0. The first-order chi connectivity index (χ1) is 14.1. The van der Waals surface area contributed by atoms with Gasteiger partial charge in [-0.05, 0) is 32.0 Å². The van der Waals surface area contributed by atoms with Crippen molar-refractivity contribution in [2.24, 2.45) is 0 Å². The van der Waals surface area contributed by atoms with Crippen molar-refractivity contribution in [3.63, 3.8) is 0 Å². The Kier molecular flexibility index (Phi) is 4.11. The predicted molar refractivity (Wildman–Crippen MR) is 100 cm³/mol. The molecule has 5 rings (SSSR count). The molecule has 29 heavy (non-hydrogen) atoms. The van der Waals surface area contributed by atoms with Crippen molar-refractivity contribution in [3.05, 3.63) is 41.8 Å². The van der Waals surface area contributed by atoms with E-state index in [0.29, 0.717) is 36.2 Å². The van der Waals surface area contributed by atoms with E-state index in [1.807, 2.05) is 32.0 Å². The Morgan fingerprint density at radius 2 is 2.17 bits per heavy atom. The predicted octanol–water partition coefficient (Wildman–Crippen LogP) is 2.41. The Balaban J connectivity index is 1.46. The van der Waals surface area contributed by atoms with Gasteiger partial charge in [0.1, 0.15) is 6.04 Å². The maximum Gasteiger partial charge on any atom is 0.318 e. The van der Waals surface area contributed by atoms with Crippen LogP contribution in [-0.2, 0) is 13.0 Å². The molecule has 0 unspecified atom stereocenters.